The van der Waals surface area contributed by atoms with Crippen molar-refractivity contribution in [3.63, 3.8) is 0 Å². The van der Waals surface area contributed by atoms with Crippen molar-refractivity contribution in [3.8, 4) is 0 Å². The van der Waals surface area contributed by atoms with E-state index in [1.54, 1.807) is 0 Å². The maximum Gasteiger partial charge on any atom is 0.192 e. The van der Waals surface area contributed by atoms with Crippen molar-refractivity contribution in [1.29, 1.82) is 0 Å². The van der Waals surface area contributed by atoms with Crippen molar-refractivity contribution < 1.29 is 14.4 Å². The van der Waals surface area contributed by atoms with Gasteiger partial charge >= 0.3 is 0 Å². The summed E-state index contributed by atoms with van der Waals surface area (Å²) in [5.74, 6) is 3.25. The number of carbonyl (C=O) groups excluding carboxylic acids is 1. The van der Waals surface area contributed by atoms with Gasteiger partial charge in [0.2, 0.25) is 0 Å². The molecule has 5 fully saturated rings. The molecule has 1 N–H and O–H groups in total. The van der Waals surface area contributed by atoms with Crippen LogP contribution in [0.4, 0.5) is 0 Å². The maximum absolute atomic E-state index is 12.9. The number of quaternary nitrogens is 1. The molecule has 3 heteroatoms. The van der Waals surface area contributed by atoms with Gasteiger partial charge in [0.25, 0.3) is 0 Å². The third-order valence-corrected chi connectivity index (χ3v) is 6.24. The average Bonchev–Trinajstić information content (AvgIpc) is 2.38. The van der Waals surface area contributed by atoms with Crippen LogP contribution in [0.1, 0.15) is 38.5 Å². The second kappa shape index (κ2) is 4.56. The van der Waals surface area contributed by atoms with E-state index in [0.29, 0.717) is 5.78 Å². The molecule has 5 aliphatic rings. The second-order valence-electron chi connectivity index (χ2n) is 7.66. The number of morpholine rings is 1. The number of Topliss-reactive ketones (excluding diaryl/α,β-unsaturated/α-hetero) is 1. The Morgan fingerprint density at radius 3 is 2.05 bits per heavy atom. The quantitative estimate of drug-likeness (QED) is 0.813. The minimum absolute atomic E-state index is 0.111. The van der Waals surface area contributed by atoms with Crippen LogP contribution in [0.25, 0.3) is 0 Å². The molecule has 0 aromatic heterocycles. The summed E-state index contributed by atoms with van der Waals surface area (Å²) >= 11 is 0. The molecular formula is C16H26NO2+. The van der Waals surface area contributed by atoms with E-state index in [2.05, 4.69) is 0 Å². The molecule has 19 heavy (non-hydrogen) atoms. The van der Waals surface area contributed by atoms with Gasteiger partial charge in [-0.15, -0.1) is 0 Å². The normalized spacial score (nSPS) is 45.6. The summed E-state index contributed by atoms with van der Waals surface area (Å²) in [6.45, 7) is 4.50. The third-order valence-electron chi connectivity index (χ3n) is 6.24. The molecule has 1 heterocycles. The molecule has 1 aliphatic heterocycles. The highest BCUT2D eigenvalue weighted by Crippen LogP contribution is 2.60. The van der Waals surface area contributed by atoms with E-state index in [9.17, 15) is 4.79 Å². The molecule has 0 unspecified atom stereocenters. The molecule has 0 aromatic rings. The first kappa shape index (κ1) is 12.3. The van der Waals surface area contributed by atoms with Crippen LogP contribution in [-0.2, 0) is 9.53 Å². The van der Waals surface area contributed by atoms with Gasteiger partial charge in [0.05, 0.1) is 13.2 Å². The molecular weight excluding hydrogens is 238 g/mol. The smallest absolute Gasteiger partial charge is 0.192 e. The summed E-state index contributed by atoms with van der Waals surface area (Å²) < 4.78 is 5.40. The predicted octanol–water partition coefficient (Wildman–Crippen LogP) is 0.687. The second-order valence-corrected chi connectivity index (χ2v) is 7.66. The molecule has 3 nitrogen and oxygen atoms in total. The van der Waals surface area contributed by atoms with Crippen LogP contribution in [0, 0.1) is 23.2 Å². The summed E-state index contributed by atoms with van der Waals surface area (Å²) in [5.41, 5.74) is 0.111. The molecule has 0 amide bonds. The highest BCUT2D eigenvalue weighted by molar-refractivity contribution is 5.86. The van der Waals surface area contributed by atoms with Crippen molar-refractivity contribution in [3.05, 3.63) is 0 Å². The number of ether oxygens (including phenoxy) is 1. The molecule has 0 spiro atoms. The zero-order valence-corrected chi connectivity index (χ0v) is 11.8. The largest absolute Gasteiger partial charge is 0.370 e. The summed E-state index contributed by atoms with van der Waals surface area (Å²) in [6.07, 6.45) is 7.95. The van der Waals surface area contributed by atoms with Gasteiger partial charge in [-0.2, -0.15) is 0 Å². The molecule has 0 atom stereocenters. The summed E-state index contributed by atoms with van der Waals surface area (Å²) in [5, 5.41) is 0. The molecule has 106 valence electrons. The van der Waals surface area contributed by atoms with E-state index in [0.717, 1.165) is 50.6 Å². The van der Waals surface area contributed by atoms with Gasteiger partial charge in [-0.1, -0.05) is 0 Å². The molecule has 4 bridgehead atoms. The number of hydrogen-bond donors (Lipinski definition) is 1. The van der Waals surface area contributed by atoms with Gasteiger partial charge in [0.1, 0.15) is 19.6 Å². The van der Waals surface area contributed by atoms with E-state index in [4.69, 9.17) is 4.74 Å². The van der Waals surface area contributed by atoms with Gasteiger partial charge in [-0.05, 0) is 56.3 Å². The Hall–Kier alpha value is -0.410. The van der Waals surface area contributed by atoms with Gasteiger partial charge in [-0.3, -0.25) is 4.79 Å². The van der Waals surface area contributed by atoms with E-state index in [1.807, 2.05) is 0 Å². The van der Waals surface area contributed by atoms with Gasteiger partial charge in [0, 0.05) is 5.41 Å². The summed E-state index contributed by atoms with van der Waals surface area (Å²) in [6, 6.07) is 0. The third kappa shape index (κ3) is 2.15. The fourth-order valence-corrected chi connectivity index (χ4v) is 5.70. The standard InChI is InChI=1S/C16H25NO2/c18-15(11-17-1-3-19-4-2-17)16-8-12-5-13(9-16)7-14(6-12)10-16/h12-14H,1-11H2/p+1. The van der Waals surface area contributed by atoms with Crippen molar-refractivity contribution in [2.24, 2.45) is 23.2 Å². The van der Waals surface area contributed by atoms with Crippen LogP contribution < -0.4 is 4.90 Å². The zero-order valence-electron chi connectivity index (χ0n) is 11.8. The Morgan fingerprint density at radius 2 is 1.53 bits per heavy atom. The Bertz CT molecular complexity index is 338. The summed E-state index contributed by atoms with van der Waals surface area (Å²) in [4.78, 5) is 14.4. The molecule has 4 aliphatic carbocycles. The first-order valence-corrected chi connectivity index (χ1v) is 8.18. The van der Waals surface area contributed by atoms with Crippen LogP contribution in [-0.4, -0.2) is 38.6 Å². The number of hydrogen-bond acceptors (Lipinski definition) is 2. The van der Waals surface area contributed by atoms with E-state index >= 15 is 0 Å². The first-order chi connectivity index (χ1) is 9.23. The fraction of sp³-hybridized carbons (Fsp3) is 0.938. The fourth-order valence-electron chi connectivity index (χ4n) is 5.70. The number of rotatable bonds is 3. The Morgan fingerprint density at radius 1 is 1.00 bits per heavy atom. The first-order valence-electron chi connectivity index (χ1n) is 8.18. The number of carbonyl (C=O) groups is 1. The molecule has 5 rings (SSSR count). The molecule has 0 radical (unpaired) electrons. The van der Waals surface area contributed by atoms with Crippen LogP contribution in [0.15, 0.2) is 0 Å². The molecule has 1 saturated heterocycles. The molecule has 4 saturated carbocycles. The van der Waals surface area contributed by atoms with E-state index in [-0.39, 0.29) is 5.41 Å². The van der Waals surface area contributed by atoms with Crippen LogP contribution in [0.3, 0.4) is 0 Å². The number of ketones is 1. The van der Waals surface area contributed by atoms with Crippen LogP contribution >= 0.6 is 0 Å². The highest BCUT2D eigenvalue weighted by Gasteiger charge is 2.54. The van der Waals surface area contributed by atoms with E-state index < -0.39 is 0 Å². The van der Waals surface area contributed by atoms with Gasteiger partial charge < -0.3 is 9.64 Å². The summed E-state index contributed by atoms with van der Waals surface area (Å²) in [7, 11) is 0. The highest BCUT2D eigenvalue weighted by atomic mass is 16.5. The van der Waals surface area contributed by atoms with Crippen molar-refractivity contribution in [2.75, 3.05) is 32.8 Å². The lowest BCUT2D eigenvalue weighted by molar-refractivity contribution is -0.900. The topological polar surface area (TPSA) is 30.7 Å². The Kier molecular flexibility index (Phi) is 2.96. The Balaban J connectivity index is 1.47. The van der Waals surface area contributed by atoms with E-state index in [1.165, 1.54) is 43.4 Å². The lowest BCUT2D eigenvalue weighted by Gasteiger charge is -2.55. The van der Waals surface area contributed by atoms with Gasteiger partial charge in [0.15, 0.2) is 5.78 Å². The van der Waals surface area contributed by atoms with Crippen molar-refractivity contribution in [2.45, 2.75) is 38.5 Å². The van der Waals surface area contributed by atoms with Crippen LogP contribution in [0.5, 0.6) is 0 Å². The lowest BCUT2D eigenvalue weighted by Crippen LogP contribution is -3.15. The predicted molar refractivity (Wildman–Crippen MR) is 72.0 cm³/mol. The lowest BCUT2D eigenvalue weighted by atomic mass is 9.48. The zero-order chi connectivity index (χ0) is 12.9. The minimum Gasteiger partial charge on any atom is -0.370 e. The average molecular weight is 264 g/mol. The maximum atomic E-state index is 12.9. The SMILES string of the molecule is O=C(C[NH+]1CCOCC1)C12CC3CC(CC(C3)C1)C2. The van der Waals surface area contributed by atoms with Crippen LogP contribution in [0.2, 0.25) is 0 Å². The monoisotopic (exact) mass is 264 g/mol. The minimum atomic E-state index is 0.111. The van der Waals surface area contributed by atoms with Crippen molar-refractivity contribution in [1.82, 2.24) is 0 Å². The Labute approximate surface area is 115 Å². The number of nitrogens with one attached hydrogen (secondary N) is 1. The van der Waals surface area contributed by atoms with Gasteiger partial charge in [-0.25, -0.2) is 0 Å². The van der Waals surface area contributed by atoms with Crippen molar-refractivity contribution >= 4 is 5.78 Å². The molecule has 0 aromatic carbocycles.